The Labute approximate surface area is 89.5 Å². The number of aromatic nitrogens is 1. The Bertz CT molecular complexity index is 339. The number of hydrogen-bond donors (Lipinski definition) is 1. The van der Waals surface area contributed by atoms with E-state index in [2.05, 4.69) is 4.98 Å². The minimum Gasteiger partial charge on any atom is -0.459 e. The smallest absolute Gasteiger partial charge is 0.342 e. The standard InChI is InChI=1S/C11H16N2O2/c1-3-4-8(2)15-11(14)9-7-13-6-5-10(9)12/h5-8H,3-4H2,1-2H3,(H2,12,13)/t8-/m1/s1. The van der Waals surface area contributed by atoms with Crippen molar-refractivity contribution in [2.24, 2.45) is 0 Å². The third-order valence-corrected chi connectivity index (χ3v) is 2.08. The number of pyridine rings is 1. The van der Waals surface area contributed by atoms with E-state index in [4.69, 9.17) is 10.5 Å². The highest BCUT2D eigenvalue weighted by Gasteiger charge is 2.13. The summed E-state index contributed by atoms with van der Waals surface area (Å²) in [7, 11) is 0. The first-order valence-corrected chi connectivity index (χ1v) is 5.05. The average molecular weight is 208 g/mol. The highest BCUT2D eigenvalue weighted by Crippen LogP contribution is 2.12. The molecular formula is C11H16N2O2. The van der Waals surface area contributed by atoms with Gasteiger partial charge in [0.1, 0.15) is 5.56 Å². The number of rotatable bonds is 4. The van der Waals surface area contributed by atoms with Crippen LogP contribution in [-0.4, -0.2) is 17.1 Å². The fourth-order valence-electron chi connectivity index (χ4n) is 1.29. The molecule has 0 aliphatic carbocycles. The van der Waals surface area contributed by atoms with Crippen molar-refractivity contribution < 1.29 is 9.53 Å². The average Bonchev–Trinajstić information content (AvgIpc) is 2.18. The van der Waals surface area contributed by atoms with E-state index in [1.54, 1.807) is 12.3 Å². The van der Waals surface area contributed by atoms with Crippen LogP contribution in [0, 0.1) is 0 Å². The number of ether oxygens (including phenoxy) is 1. The van der Waals surface area contributed by atoms with Gasteiger partial charge in [0.25, 0.3) is 0 Å². The molecule has 0 radical (unpaired) electrons. The van der Waals surface area contributed by atoms with E-state index in [1.165, 1.54) is 6.20 Å². The van der Waals surface area contributed by atoms with E-state index in [-0.39, 0.29) is 6.10 Å². The molecule has 0 saturated heterocycles. The summed E-state index contributed by atoms with van der Waals surface area (Å²) in [6.45, 7) is 3.91. The van der Waals surface area contributed by atoms with Crippen molar-refractivity contribution in [1.29, 1.82) is 0 Å². The van der Waals surface area contributed by atoms with Gasteiger partial charge in [-0.05, 0) is 19.4 Å². The van der Waals surface area contributed by atoms with Gasteiger partial charge >= 0.3 is 5.97 Å². The summed E-state index contributed by atoms with van der Waals surface area (Å²) in [6.07, 6.45) is 4.72. The molecule has 0 fully saturated rings. The van der Waals surface area contributed by atoms with Gasteiger partial charge in [-0.15, -0.1) is 0 Å². The van der Waals surface area contributed by atoms with Crippen LogP contribution in [-0.2, 0) is 4.74 Å². The number of carbonyl (C=O) groups is 1. The monoisotopic (exact) mass is 208 g/mol. The molecule has 4 nitrogen and oxygen atoms in total. The van der Waals surface area contributed by atoms with Crippen molar-refractivity contribution in [3.63, 3.8) is 0 Å². The molecule has 0 aliphatic heterocycles. The van der Waals surface area contributed by atoms with Crippen LogP contribution in [0.4, 0.5) is 5.69 Å². The molecule has 0 amide bonds. The van der Waals surface area contributed by atoms with Crippen LogP contribution in [0.2, 0.25) is 0 Å². The molecule has 2 N–H and O–H groups in total. The van der Waals surface area contributed by atoms with Crippen molar-refractivity contribution in [1.82, 2.24) is 4.98 Å². The summed E-state index contributed by atoms with van der Waals surface area (Å²) < 4.78 is 5.20. The number of nitrogen functional groups attached to an aromatic ring is 1. The predicted molar refractivity (Wildman–Crippen MR) is 58.4 cm³/mol. The third-order valence-electron chi connectivity index (χ3n) is 2.08. The Balaban J connectivity index is 2.65. The molecule has 0 spiro atoms. The van der Waals surface area contributed by atoms with Crippen molar-refractivity contribution >= 4 is 11.7 Å². The number of carbonyl (C=O) groups excluding carboxylic acids is 1. The van der Waals surface area contributed by atoms with E-state index in [1.807, 2.05) is 13.8 Å². The molecule has 0 unspecified atom stereocenters. The molecule has 1 rings (SSSR count). The Morgan fingerprint density at radius 1 is 1.67 bits per heavy atom. The Morgan fingerprint density at radius 2 is 2.40 bits per heavy atom. The summed E-state index contributed by atoms with van der Waals surface area (Å²) >= 11 is 0. The zero-order chi connectivity index (χ0) is 11.3. The minimum atomic E-state index is -0.401. The number of hydrogen-bond acceptors (Lipinski definition) is 4. The van der Waals surface area contributed by atoms with Gasteiger partial charge in [-0.1, -0.05) is 13.3 Å². The van der Waals surface area contributed by atoms with Crippen LogP contribution in [0.25, 0.3) is 0 Å². The van der Waals surface area contributed by atoms with Gasteiger partial charge in [-0.25, -0.2) is 4.79 Å². The van der Waals surface area contributed by atoms with Crippen LogP contribution in [0.5, 0.6) is 0 Å². The molecule has 1 aromatic rings. The number of anilines is 1. The highest BCUT2D eigenvalue weighted by molar-refractivity contribution is 5.94. The second-order valence-electron chi connectivity index (χ2n) is 3.47. The lowest BCUT2D eigenvalue weighted by Crippen LogP contribution is -2.16. The van der Waals surface area contributed by atoms with Crippen LogP contribution in [0.1, 0.15) is 37.0 Å². The summed E-state index contributed by atoms with van der Waals surface area (Å²) in [5, 5.41) is 0. The summed E-state index contributed by atoms with van der Waals surface area (Å²) in [5.74, 6) is -0.401. The van der Waals surface area contributed by atoms with E-state index in [0.717, 1.165) is 12.8 Å². The van der Waals surface area contributed by atoms with Gasteiger partial charge in [-0.3, -0.25) is 4.98 Å². The molecule has 0 bridgehead atoms. The molecule has 15 heavy (non-hydrogen) atoms. The molecule has 1 heterocycles. The molecular weight excluding hydrogens is 192 g/mol. The molecule has 82 valence electrons. The quantitative estimate of drug-likeness (QED) is 0.769. The lowest BCUT2D eigenvalue weighted by molar-refractivity contribution is 0.0324. The number of nitrogens with two attached hydrogens (primary N) is 1. The Morgan fingerprint density at radius 3 is 3.00 bits per heavy atom. The molecule has 1 atom stereocenters. The van der Waals surface area contributed by atoms with Gasteiger partial charge in [-0.2, -0.15) is 0 Å². The first kappa shape index (κ1) is 11.5. The van der Waals surface area contributed by atoms with Gasteiger partial charge in [0, 0.05) is 18.1 Å². The molecule has 0 aromatic carbocycles. The second kappa shape index (κ2) is 5.34. The van der Waals surface area contributed by atoms with E-state index in [0.29, 0.717) is 11.3 Å². The zero-order valence-electron chi connectivity index (χ0n) is 9.06. The second-order valence-corrected chi connectivity index (χ2v) is 3.47. The maximum Gasteiger partial charge on any atom is 0.342 e. The largest absolute Gasteiger partial charge is 0.459 e. The van der Waals surface area contributed by atoms with E-state index < -0.39 is 5.97 Å². The van der Waals surface area contributed by atoms with Crippen molar-refractivity contribution in [3.05, 3.63) is 24.0 Å². The molecule has 0 saturated carbocycles. The lowest BCUT2D eigenvalue weighted by Gasteiger charge is -2.12. The third kappa shape index (κ3) is 3.23. The SMILES string of the molecule is CCC[C@@H](C)OC(=O)c1cnccc1N. The van der Waals surface area contributed by atoms with Crippen molar-refractivity contribution in [2.75, 3.05) is 5.73 Å². The maximum atomic E-state index is 11.6. The normalized spacial score (nSPS) is 12.1. The maximum absolute atomic E-state index is 11.6. The number of esters is 1. The summed E-state index contributed by atoms with van der Waals surface area (Å²) in [4.78, 5) is 15.4. The first-order valence-electron chi connectivity index (χ1n) is 5.05. The van der Waals surface area contributed by atoms with Crippen LogP contribution in [0.3, 0.4) is 0 Å². The van der Waals surface area contributed by atoms with Crippen molar-refractivity contribution in [2.45, 2.75) is 32.8 Å². The topological polar surface area (TPSA) is 65.2 Å². The Kier molecular flexibility index (Phi) is 4.09. The summed E-state index contributed by atoms with van der Waals surface area (Å²) in [5.41, 5.74) is 6.37. The Hall–Kier alpha value is -1.58. The first-order chi connectivity index (χ1) is 7.15. The highest BCUT2D eigenvalue weighted by atomic mass is 16.5. The van der Waals surface area contributed by atoms with Gasteiger partial charge in [0.15, 0.2) is 0 Å². The lowest BCUT2D eigenvalue weighted by atomic mass is 10.2. The molecule has 4 heteroatoms. The van der Waals surface area contributed by atoms with Crippen LogP contribution >= 0.6 is 0 Å². The van der Waals surface area contributed by atoms with E-state index in [9.17, 15) is 4.79 Å². The van der Waals surface area contributed by atoms with Gasteiger partial charge < -0.3 is 10.5 Å². The van der Waals surface area contributed by atoms with Gasteiger partial charge in [0.2, 0.25) is 0 Å². The fourth-order valence-corrected chi connectivity index (χ4v) is 1.29. The minimum absolute atomic E-state index is 0.0814. The fraction of sp³-hybridized carbons (Fsp3) is 0.455. The summed E-state index contributed by atoms with van der Waals surface area (Å²) in [6, 6.07) is 1.58. The van der Waals surface area contributed by atoms with E-state index >= 15 is 0 Å². The number of nitrogens with zero attached hydrogens (tertiary/aromatic N) is 1. The molecule has 1 aromatic heterocycles. The molecule has 0 aliphatic rings. The van der Waals surface area contributed by atoms with Crippen LogP contribution in [0.15, 0.2) is 18.5 Å². The van der Waals surface area contributed by atoms with Gasteiger partial charge in [0.05, 0.1) is 6.10 Å². The van der Waals surface area contributed by atoms with Crippen LogP contribution < -0.4 is 5.73 Å². The predicted octanol–water partition coefficient (Wildman–Crippen LogP) is 2.01. The van der Waals surface area contributed by atoms with Crippen molar-refractivity contribution in [3.8, 4) is 0 Å². The zero-order valence-corrected chi connectivity index (χ0v) is 9.06.